The first-order valence-corrected chi connectivity index (χ1v) is 5.45. The first-order valence-electron chi connectivity index (χ1n) is 5.45. The van der Waals surface area contributed by atoms with Gasteiger partial charge in [0.15, 0.2) is 0 Å². The number of hydrogen-bond donors (Lipinski definition) is 1. The van der Waals surface area contributed by atoms with E-state index in [0.717, 1.165) is 11.4 Å². The van der Waals surface area contributed by atoms with E-state index < -0.39 is 5.79 Å². The Morgan fingerprint density at radius 1 is 1.06 bits per heavy atom. The van der Waals surface area contributed by atoms with Crippen molar-refractivity contribution >= 4 is 11.4 Å². The van der Waals surface area contributed by atoms with Gasteiger partial charge in [0.1, 0.15) is 0 Å². The molecular weight excluding hydrogens is 214 g/mol. The molecule has 1 aromatic carbocycles. The molecule has 5 heteroatoms. The molecule has 90 valence electrons. The molecule has 0 amide bonds. The highest BCUT2D eigenvalue weighted by atomic mass is 15.5. The maximum absolute atomic E-state index is 5.62. The maximum Gasteiger partial charge on any atom is 0.225 e. The van der Waals surface area contributed by atoms with Crippen LogP contribution in [0.4, 0.5) is 11.4 Å². The third kappa shape index (κ3) is 2.08. The van der Waals surface area contributed by atoms with E-state index >= 15 is 0 Å². The van der Waals surface area contributed by atoms with Gasteiger partial charge in [-0.25, -0.2) is 0 Å². The van der Waals surface area contributed by atoms with Crippen LogP contribution in [0.1, 0.15) is 6.92 Å². The highest BCUT2D eigenvalue weighted by Crippen LogP contribution is 2.27. The van der Waals surface area contributed by atoms with Gasteiger partial charge < -0.3 is 15.5 Å². The summed E-state index contributed by atoms with van der Waals surface area (Å²) in [6, 6.07) is 7.34. The summed E-state index contributed by atoms with van der Waals surface area (Å²) in [7, 11) is 3.95. The topological polar surface area (TPSA) is 57.2 Å². The Morgan fingerprint density at radius 3 is 2.12 bits per heavy atom. The molecule has 1 aliphatic rings. The minimum absolute atomic E-state index is 0.457. The fourth-order valence-electron chi connectivity index (χ4n) is 1.57. The van der Waals surface area contributed by atoms with E-state index in [1.54, 1.807) is 0 Å². The van der Waals surface area contributed by atoms with Gasteiger partial charge in [-0.3, -0.25) is 0 Å². The summed E-state index contributed by atoms with van der Waals surface area (Å²) in [6.45, 7) is 2.01. The quantitative estimate of drug-likeness (QED) is 0.628. The minimum Gasteiger partial charge on any atom is -0.399 e. The molecule has 0 bridgehead atoms. The van der Waals surface area contributed by atoms with Crippen LogP contribution < -0.4 is 5.73 Å². The van der Waals surface area contributed by atoms with Crippen molar-refractivity contribution in [1.82, 2.24) is 9.80 Å². The molecule has 0 atom stereocenters. The Labute approximate surface area is 101 Å². The van der Waals surface area contributed by atoms with E-state index in [-0.39, 0.29) is 0 Å². The van der Waals surface area contributed by atoms with Gasteiger partial charge in [0.25, 0.3) is 0 Å². The molecule has 1 aromatic rings. The smallest absolute Gasteiger partial charge is 0.225 e. The predicted molar refractivity (Wildman–Crippen MR) is 68.4 cm³/mol. The largest absolute Gasteiger partial charge is 0.399 e. The van der Waals surface area contributed by atoms with Crippen molar-refractivity contribution in [3.05, 3.63) is 36.7 Å². The van der Waals surface area contributed by atoms with Gasteiger partial charge in [-0.15, -0.1) is 5.11 Å². The first kappa shape index (κ1) is 11.4. The van der Waals surface area contributed by atoms with Gasteiger partial charge in [-0.1, -0.05) is 0 Å². The molecule has 0 fully saturated rings. The monoisotopic (exact) mass is 231 g/mol. The molecule has 1 heterocycles. The average molecular weight is 231 g/mol. The Bertz CT molecular complexity index is 436. The van der Waals surface area contributed by atoms with Crippen LogP contribution in [-0.4, -0.2) is 29.7 Å². The van der Waals surface area contributed by atoms with Gasteiger partial charge in [-0.05, 0) is 24.3 Å². The SMILES string of the molecule is CN1C=CN(C)C1(C)N=Nc1ccc(N)cc1. The Hall–Kier alpha value is -2.04. The number of benzene rings is 1. The number of rotatable bonds is 2. The van der Waals surface area contributed by atoms with Crippen molar-refractivity contribution < 1.29 is 0 Å². The highest BCUT2D eigenvalue weighted by Gasteiger charge is 2.34. The van der Waals surface area contributed by atoms with Crippen LogP contribution >= 0.6 is 0 Å². The first-order chi connectivity index (χ1) is 8.02. The second kappa shape index (κ2) is 4.08. The van der Waals surface area contributed by atoms with Crippen molar-refractivity contribution in [1.29, 1.82) is 0 Å². The van der Waals surface area contributed by atoms with Gasteiger partial charge in [0.05, 0.1) is 5.69 Å². The normalized spacial score (nSPS) is 18.3. The van der Waals surface area contributed by atoms with Crippen molar-refractivity contribution in [2.45, 2.75) is 12.7 Å². The summed E-state index contributed by atoms with van der Waals surface area (Å²) in [4.78, 5) is 4.02. The molecule has 1 aliphatic heterocycles. The van der Waals surface area contributed by atoms with E-state index in [1.165, 1.54) is 0 Å². The molecule has 0 saturated carbocycles. The van der Waals surface area contributed by atoms with E-state index in [9.17, 15) is 0 Å². The second-order valence-electron chi connectivity index (χ2n) is 4.28. The zero-order valence-electron chi connectivity index (χ0n) is 10.3. The van der Waals surface area contributed by atoms with Crippen molar-refractivity contribution in [2.75, 3.05) is 19.8 Å². The van der Waals surface area contributed by atoms with Crippen molar-refractivity contribution in [2.24, 2.45) is 10.2 Å². The zero-order valence-corrected chi connectivity index (χ0v) is 10.3. The number of anilines is 1. The molecule has 17 heavy (non-hydrogen) atoms. The summed E-state index contributed by atoms with van der Waals surface area (Å²) in [5, 5.41) is 8.64. The fourth-order valence-corrected chi connectivity index (χ4v) is 1.57. The average Bonchev–Trinajstić information content (AvgIpc) is 2.57. The molecular formula is C12H17N5. The van der Waals surface area contributed by atoms with Crippen LogP contribution in [0.25, 0.3) is 0 Å². The lowest BCUT2D eigenvalue weighted by atomic mass is 10.3. The van der Waals surface area contributed by atoms with Crippen LogP contribution in [-0.2, 0) is 0 Å². The van der Waals surface area contributed by atoms with Crippen LogP contribution in [0, 0.1) is 0 Å². The fraction of sp³-hybridized carbons (Fsp3) is 0.333. The van der Waals surface area contributed by atoms with Crippen LogP contribution in [0.15, 0.2) is 46.9 Å². The highest BCUT2D eigenvalue weighted by molar-refractivity contribution is 5.47. The molecule has 0 aliphatic carbocycles. The molecule has 2 rings (SSSR count). The lowest BCUT2D eigenvalue weighted by molar-refractivity contribution is 0.0856. The third-order valence-corrected chi connectivity index (χ3v) is 3.10. The Kier molecular flexibility index (Phi) is 2.75. The van der Waals surface area contributed by atoms with E-state index in [2.05, 4.69) is 10.2 Å². The molecule has 0 unspecified atom stereocenters. The summed E-state index contributed by atoms with van der Waals surface area (Å²) in [5.74, 6) is -0.457. The summed E-state index contributed by atoms with van der Waals surface area (Å²) < 4.78 is 0. The van der Waals surface area contributed by atoms with Gasteiger partial charge >= 0.3 is 0 Å². The minimum atomic E-state index is -0.457. The maximum atomic E-state index is 5.62. The lowest BCUT2D eigenvalue weighted by Crippen LogP contribution is -2.45. The van der Waals surface area contributed by atoms with Gasteiger partial charge in [0, 0.05) is 39.1 Å². The number of nitrogen functional groups attached to an aromatic ring is 1. The van der Waals surface area contributed by atoms with Crippen molar-refractivity contribution in [3.63, 3.8) is 0 Å². The summed E-state index contributed by atoms with van der Waals surface area (Å²) in [5.41, 5.74) is 7.15. The van der Waals surface area contributed by atoms with Crippen LogP contribution in [0.5, 0.6) is 0 Å². The summed E-state index contributed by atoms with van der Waals surface area (Å²) in [6.07, 6.45) is 3.95. The summed E-state index contributed by atoms with van der Waals surface area (Å²) >= 11 is 0. The third-order valence-electron chi connectivity index (χ3n) is 3.10. The second-order valence-corrected chi connectivity index (χ2v) is 4.28. The number of nitrogens with two attached hydrogens (primary N) is 1. The van der Waals surface area contributed by atoms with Crippen LogP contribution in [0.3, 0.4) is 0 Å². The van der Waals surface area contributed by atoms with E-state index in [0.29, 0.717) is 0 Å². The predicted octanol–water partition coefficient (Wildman–Crippen LogP) is 2.37. The molecule has 0 aromatic heterocycles. The molecule has 0 radical (unpaired) electrons. The number of nitrogens with zero attached hydrogens (tertiary/aromatic N) is 4. The molecule has 0 spiro atoms. The number of hydrogen-bond acceptors (Lipinski definition) is 5. The molecule has 0 saturated heterocycles. The van der Waals surface area contributed by atoms with Crippen molar-refractivity contribution in [3.8, 4) is 0 Å². The molecule has 5 nitrogen and oxygen atoms in total. The van der Waals surface area contributed by atoms with E-state index in [4.69, 9.17) is 5.73 Å². The van der Waals surface area contributed by atoms with Crippen LogP contribution in [0.2, 0.25) is 0 Å². The zero-order chi connectivity index (χ0) is 12.5. The Balaban J connectivity index is 2.18. The van der Waals surface area contributed by atoms with Gasteiger partial charge in [0.2, 0.25) is 5.79 Å². The lowest BCUT2D eigenvalue weighted by Gasteiger charge is -2.34. The van der Waals surface area contributed by atoms with Gasteiger partial charge in [-0.2, -0.15) is 5.11 Å². The standard InChI is InChI=1S/C12H17N5/c1-12(16(2)8-9-17(12)3)15-14-11-6-4-10(13)5-7-11/h4-9H,13H2,1-3H3. The number of azo groups is 1. The molecule has 2 N–H and O–H groups in total. The Morgan fingerprint density at radius 2 is 1.59 bits per heavy atom. The van der Waals surface area contributed by atoms with E-state index in [1.807, 2.05) is 67.5 Å².